The molecule has 0 bridgehead atoms. The van der Waals surface area contributed by atoms with Crippen LogP contribution in [0.5, 0.6) is 0 Å². The molecule has 21 heavy (non-hydrogen) atoms. The number of benzene rings is 2. The SMILES string of the molecule is CS(=O)(=O)OC[C@@H](C(=O)c1ccccc1)c1ccccc1. The highest BCUT2D eigenvalue weighted by molar-refractivity contribution is 7.85. The topological polar surface area (TPSA) is 60.4 Å². The fourth-order valence-electron chi connectivity index (χ4n) is 2.00. The van der Waals surface area contributed by atoms with Crippen molar-refractivity contribution in [1.29, 1.82) is 0 Å². The lowest BCUT2D eigenvalue weighted by molar-refractivity contribution is 0.0933. The quantitative estimate of drug-likeness (QED) is 0.608. The number of ketones is 1. The Morgan fingerprint density at radius 1 is 1.00 bits per heavy atom. The summed E-state index contributed by atoms with van der Waals surface area (Å²) in [7, 11) is -3.60. The summed E-state index contributed by atoms with van der Waals surface area (Å²) in [5.74, 6) is -0.811. The molecule has 0 saturated heterocycles. The number of hydrogen-bond donors (Lipinski definition) is 0. The Hall–Kier alpha value is -1.98. The van der Waals surface area contributed by atoms with Gasteiger partial charge in [-0.15, -0.1) is 0 Å². The van der Waals surface area contributed by atoms with Gasteiger partial charge >= 0.3 is 0 Å². The highest BCUT2D eigenvalue weighted by Gasteiger charge is 2.23. The van der Waals surface area contributed by atoms with Crippen LogP contribution in [0.4, 0.5) is 0 Å². The van der Waals surface area contributed by atoms with Crippen molar-refractivity contribution < 1.29 is 17.4 Å². The van der Waals surface area contributed by atoms with Crippen molar-refractivity contribution in [1.82, 2.24) is 0 Å². The second-order valence-corrected chi connectivity index (χ2v) is 6.33. The van der Waals surface area contributed by atoms with Crippen LogP contribution in [-0.2, 0) is 14.3 Å². The van der Waals surface area contributed by atoms with Crippen LogP contribution in [0.3, 0.4) is 0 Å². The van der Waals surface area contributed by atoms with Gasteiger partial charge in [-0.3, -0.25) is 8.98 Å². The molecule has 2 aromatic carbocycles. The smallest absolute Gasteiger partial charge is 0.264 e. The molecule has 0 amide bonds. The monoisotopic (exact) mass is 304 g/mol. The Bertz CT molecular complexity index is 694. The lowest BCUT2D eigenvalue weighted by Crippen LogP contribution is -2.20. The standard InChI is InChI=1S/C16H16O4S/c1-21(18,19)20-12-15(13-8-4-2-5-9-13)16(17)14-10-6-3-7-11-14/h2-11,15H,12H2,1H3/t15-/m1/s1. The van der Waals surface area contributed by atoms with Crippen LogP contribution in [0.2, 0.25) is 0 Å². The summed E-state index contributed by atoms with van der Waals surface area (Å²) >= 11 is 0. The largest absolute Gasteiger partial charge is 0.293 e. The van der Waals surface area contributed by atoms with Crippen molar-refractivity contribution >= 4 is 15.9 Å². The molecule has 0 saturated carbocycles. The van der Waals surface area contributed by atoms with Crippen molar-refractivity contribution in [3.05, 3.63) is 71.8 Å². The molecule has 0 radical (unpaired) electrons. The minimum atomic E-state index is -3.60. The molecule has 2 rings (SSSR count). The molecule has 1 atom stereocenters. The van der Waals surface area contributed by atoms with Gasteiger partial charge in [-0.2, -0.15) is 8.42 Å². The Balaban J connectivity index is 2.30. The van der Waals surface area contributed by atoms with Gasteiger partial charge in [0.15, 0.2) is 5.78 Å². The lowest BCUT2D eigenvalue weighted by atomic mass is 9.91. The van der Waals surface area contributed by atoms with Crippen molar-refractivity contribution in [2.24, 2.45) is 0 Å². The van der Waals surface area contributed by atoms with Gasteiger partial charge in [0.1, 0.15) is 0 Å². The van der Waals surface area contributed by atoms with Gasteiger partial charge < -0.3 is 0 Å². The lowest BCUT2D eigenvalue weighted by Gasteiger charge is -2.16. The third-order valence-electron chi connectivity index (χ3n) is 3.03. The zero-order chi connectivity index (χ0) is 15.3. The molecular formula is C16H16O4S. The van der Waals surface area contributed by atoms with Gasteiger partial charge in [0.25, 0.3) is 10.1 Å². The van der Waals surface area contributed by atoms with Gasteiger partial charge in [-0.1, -0.05) is 60.7 Å². The predicted molar refractivity (Wildman–Crippen MR) is 80.8 cm³/mol. The van der Waals surface area contributed by atoms with Gasteiger partial charge in [-0.05, 0) is 5.56 Å². The predicted octanol–water partition coefficient (Wildman–Crippen LogP) is 2.63. The van der Waals surface area contributed by atoms with Gasteiger partial charge in [0.2, 0.25) is 0 Å². The van der Waals surface area contributed by atoms with Crippen molar-refractivity contribution in [3.8, 4) is 0 Å². The van der Waals surface area contributed by atoms with Crippen LogP contribution in [-0.4, -0.2) is 27.1 Å². The zero-order valence-electron chi connectivity index (χ0n) is 11.6. The maximum atomic E-state index is 12.6. The summed E-state index contributed by atoms with van der Waals surface area (Å²) in [5.41, 5.74) is 1.26. The average Bonchev–Trinajstić information content (AvgIpc) is 2.48. The maximum Gasteiger partial charge on any atom is 0.264 e. The zero-order valence-corrected chi connectivity index (χ0v) is 12.4. The average molecular weight is 304 g/mol. The number of carbonyl (C=O) groups excluding carboxylic acids is 1. The minimum absolute atomic E-state index is 0.162. The van der Waals surface area contributed by atoms with Crippen LogP contribution < -0.4 is 0 Å². The van der Waals surface area contributed by atoms with Crippen LogP contribution in [0.25, 0.3) is 0 Å². The second kappa shape index (κ2) is 6.65. The van der Waals surface area contributed by atoms with Gasteiger partial charge in [0.05, 0.1) is 18.8 Å². The van der Waals surface area contributed by atoms with E-state index >= 15 is 0 Å². The second-order valence-electron chi connectivity index (χ2n) is 4.68. The molecule has 0 heterocycles. The number of carbonyl (C=O) groups is 1. The molecule has 0 spiro atoms. The third-order valence-corrected chi connectivity index (χ3v) is 3.59. The van der Waals surface area contributed by atoms with E-state index in [-0.39, 0.29) is 12.4 Å². The molecule has 0 aliphatic heterocycles. The van der Waals surface area contributed by atoms with E-state index in [1.54, 1.807) is 48.5 Å². The molecule has 0 aliphatic rings. The Kier molecular flexibility index (Phi) is 4.88. The molecule has 0 aromatic heterocycles. The van der Waals surface area contributed by atoms with Crippen molar-refractivity contribution in [2.75, 3.05) is 12.9 Å². The number of rotatable bonds is 6. The highest BCUT2D eigenvalue weighted by Crippen LogP contribution is 2.22. The summed E-state index contributed by atoms with van der Waals surface area (Å²) in [6, 6.07) is 17.8. The Labute approximate surface area is 124 Å². The van der Waals surface area contributed by atoms with Crippen molar-refractivity contribution in [2.45, 2.75) is 5.92 Å². The molecule has 4 nitrogen and oxygen atoms in total. The first-order valence-corrected chi connectivity index (χ1v) is 8.27. The van der Waals surface area contributed by atoms with Gasteiger partial charge in [0, 0.05) is 5.56 Å². The Morgan fingerprint density at radius 3 is 2.05 bits per heavy atom. The normalized spacial score (nSPS) is 12.8. The van der Waals surface area contributed by atoms with E-state index in [0.717, 1.165) is 11.8 Å². The van der Waals surface area contributed by atoms with E-state index in [1.807, 2.05) is 12.1 Å². The first kappa shape index (κ1) is 15.4. The summed E-state index contributed by atoms with van der Waals surface area (Å²) in [6.45, 7) is -0.198. The number of hydrogen-bond acceptors (Lipinski definition) is 4. The third kappa shape index (κ3) is 4.51. The fourth-order valence-corrected chi connectivity index (χ4v) is 2.39. The minimum Gasteiger partial charge on any atom is -0.293 e. The molecule has 0 unspecified atom stereocenters. The van der Waals surface area contributed by atoms with E-state index in [9.17, 15) is 13.2 Å². The van der Waals surface area contributed by atoms with E-state index < -0.39 is 16.0 Å². The maximum absolute atomic E-state index is 12.6. The molecule has 5 heteroatoms. The molecule has 0 N–H and O–H groups in total. The Morgan fingerprint density at radius 2 is 1.52 bits per heavy atom. The summed E-state index contributed by atoms with van der Waals surface area (Å²) in [5, 5.41) is 0. The first-order valence-electron chi connectivity index (χ1n) is 6.46. The van der Waals surface area contributed by atoms with E-state index in [2.05, 4.69) is 0 Å². The highest BCUT2D eigenvalue weighted by atomic mass is 32.2. The summed E-state index contributed by atoms with van der Waals surface area (Å²) in [4.78, 5) is 12.6. The van der Waals surface area contributed by atoms with Gasteiger partial charge in [-0.25, -0.2) is 0 Å². The fraction of sp³-hybridized carbons (Fsp3) is 0.188. The summed E-state index contributed by atoms with van der Waals surface area (Å²) < 4.78 is 27.2. The van der Waals surface area contributed by atoms with Crippen LogP contribution in [0.1, 0.15) is 21.8 Å². The van der Waals surface area contributed by atoms with E-state index in [1.165, 1.54) is 0 Å². The number of Topliss-reactive ketones (excluding diaryl/α,β-unsaturated/α-hetero) is 1. The van der Waals surface area contributed by atoms with Crippen LogP contribution in [0, 0.1) is 0 Å². The van der Waals surface area contributed by atoms with Crippen molar-refractivity contribution in [3.63, 3.8) is 0 Å². The molecular weight excluding hydrogens is 288 g/mol. The summed E-state index contributed by atoms with van der Waals surface area (Å²) in [6.07, 6.45) is 0.974. The first-order chi connectivity index (χ1) is 9.97. The van der Waals surface area contributed by atoms with Crippen LogP contribution in [0.15, 0.2) is 60.7 Å². The molecule has 110 valence electrons. The molecule has 2 aromatic rings. The molecule has 0 aliphatic carbocycles. The molecule has 0 fully saturated rings. The van der Waals surface area contributed by atoms with E-state index in [0.29, 0.717) is 5.56 Å². The van der Waals surface area contributed by atoms with Crippen LogP contribution >= 0.6 is 0 Å². The van der Waals surface area contributed by atoms with E-state index in [4.69, 9.17) is 4.18 Å².